The van der Waals surface area contributed by atoms with E-state index in [0.717, 1.165) is 16.9 Å². The van der Waals surface area contributed by atoms with Gasteiger partial charge < -0.3 is 10.1 Å². The second-order valence-electron chi connectivity index (χ2n) is 6.84. The molecule has 0 aromatic heterocycles. The molecular formula is C25H25NO3S. The first-order valence-electron chi connectivity index (χ1n) is 9.93. The number of aryl methyl sites for hydroxylation is 1. The Kier molecular flexibility index (Phi) is 7.69. The summed E-state index contributed by atoms with van der Waals surface area (Å²) in [6, 6.07) is 26.8. The fourth-order valence-electron chi connectivity index (χ4n) is 2.87. The molecule has 3 aromatic carbocycles. The summed E-state index contributed by atoms with van der Waals surface area (Å²) >= 11 is 1.41. The Labute approximate surface area is 181 Å². The minimum absolute atomic E-state index is 0.357. The highest BCUT2D eigenvalue weighted by molar-refractivity contribution is 8.00. The van der Waals surface area contributed by atoms with E-state index >= 15 is 0 Å². The van der Waals surface area contributed by atoms with Crippen molar-refractivity contribution in [3.63, 3.8) is 0 Å². The molecule has 0 saturated heterocycles. The summed E-state index contributed by atoms with van der Waals surface area (Å²) in [6.45, 7) is 3.66. The Balaban J connectivity index is 1.68. The van der Waals surface area contributed by atoms with Gasteiger partial charge in [-0.2, -0.15) is 0 Å². The fraction of sp³-hybridized carbons (Fsp3) is 0.200. The van der Waals surface area contributed by atoms with Crippen LogP contribution in [0.3, 0.4) is 0 Å². The SMILES string of the molecule is CCc1ccc(NC(=O)[C@@H](C)OC(=O)[C@H](Sc2ccccc2)c2ccccc2)cc1. The molecule has 0 fully saturated rings. The highest BCUT2D eigenvalue weighted by Crippen LogP contribution is 2.36. The average molecular weight is 420 g/mol. The van der Waals surface area contributed by atoms with Gasteiger partial charge in [0, 0.05) is 10.6 Å². The lowest BCUT2D eigenvalue weighted by Crippen LogP contribution is -2.31. The molecule has 0 heterocycles. The van der Waals surface area contributed by atoms with Crippen LogP contribution >= 0.6 is 11.8 Å². The van der Waals surface area contributed by atoms with Crippen molar-refractivity contribution in [3.05, 3.63) is 96.1 Å². The summed E-state index contributed by atoms with van der Waals surface area (Å²) in [5, 5.41) is 2.24. The maximum absolute atomic E-state index is 13.0. The minimum Gasteiger partial charge on any atom is -0.451 e. The number of rotatable bonds is 8. The monoisotopic (exact) mass is 419 g/mol. The number of amides is 1. The lowest BCUT2D eigenvalue weighted by Gasteiger charge is -2.19. The Bertz CT molecular complexity index is 959. The Morgan fingerprint density at radius 2 is 1.50 bits per heavy atom. The molecule has 1 N–H and O–H groups in total. The van der Waals surface area contributed by atoms with E-state index in [1.165, 1.54) is 17.3 Å². The summed E-state index contributed by atoms with van der Waals surface area (Å²) in [5.41, 5.74) is 2.70. The molecule has 0 aliphatic rings. The molecule has 0 unspecified atom stereocenters. The van der Waals surface area contributed by atoms with Crippen LogP contribution < -0.4 is 5.32 Å². The van der Waals surface area contributed by atoms with Gasteiger partial charge in [0.15, 0.2) is 6.10 Å². The number of hydrogen-bond donors (Lipinski definition) is 1. The van der Waals surface area contributed by atoms with Gasteiger partial charge in [-0.3, -0.25) is 9.59 Å². The van der Waals surface area contributed by atoms with E-state index in [-0.39, 0.29) is 5.91 Å². The lowest BCUT2D eigenvalue weighted by atomic mass is 10.1. The molecule has 2 atom stereocenters. The van der Waals surface area contributed by atoms with Crippen molar-refractivity contribution in [2.75, 3.05) is 5.32 Å². The highest BCUT2D eigenvalue weighted by Gasteiger charge is 2.27. The number of carbonyl (C=O) groups excluding carboxylic acids is 2. The largest absolute Gasteiger partial charge is 0.451 e. The van der Waals surface area contributed by atoms with Crippen molar-refractivity contribution in [2.24, 2.45) is 0 Å². The number of esters is 1. The van der Waals surface area contributed by atoms with Crippen LogP contribution in [0.15, 0.2) is 89.8 Å². The molecule has 0 aliphatic carbocycles. The summed E-state index contributed by atoms with van der Waals surface area (Å²) in [5.74, 6) is -0.803. The van der Waals surface area contributed by atoms with Gasteiger partial charge in [0.05, 0.1) is 0 Å². The molecule has 0 spiro atoms. The second kappa shape index (κ2) is 10.6. The summed E-state index contributed by atoms with van der Waals surface area (Å²) in [4.78, 5) is 26.5. The van der Waals surface area contributed by atoms with Crippen LogP contribution in [0, 0.1) is 0 Å². The normalized spacial score (nSPS) is 12.6. The van der Waals surface area contributed by atoms with Crippen molar-refractivity contribution in [1.82, 2.24) is 0 Å². The van der Waals surface area contributed by atoms with Gasteiger partial charge in [0.2, 0.25) is 0 Å². The number of carbonyl (C=O) groups is 2. The van der Waals surface area contributed by atoms with Crippen LogP contribution in [-0.2, 0) is 20.7 Å². The third-order valence-electron chi connectivity index (χ3n) is 4.61. The van der Waals surface area contributed by atoms with Gasteiger partial charge in [-0.25, -0.2) is 0 Å². The summed E-state index contributed by atoms with van der Waals surface area (Å²) < 4.78 is 5.55. The standard InChI is InChI=1S/C25H25NO3S/c1-3-19-14-16-21(17-15-19)26-24(27)18(2)29-25(28)23(20-10-6-4-7-11-20)30-22-12-8-5-9-13-22/h4-18,23H,3H2,1-2H3,(H,26,27)/t18-,23-/m1/s1. The average Bonchev–Trinajstić information content (AvgIpc) is 2.79. The van der Waals surface area contributed by atoms with Crippen molar-refractivity contribution in [3.8, 4) is 0 Å². The van der Waals surface area contributed by atoms with Gasteiger partial charge in [-0.05, 0) is 48.7 Å². The molecule has 0 bridgehead atoms. The van der Waals surface area contributed by atoms with Crippen LogP contribution in [-0.4, -0.2) is 18.0 Å². The number of hydrogen-bond acceptors (Lipinski definition) is 4. The molecule has 3 rings (SSSR count). The minimum atomic E-state index is -0.911. The van der Waals surface area contributed by atoms with Gasteiger partial charge in [0.25, 0.3) is 5.91 Å². The smallest absolute Gasteiger partial charge is 0.324 e. The van der Waals surface area contributed by atoms with Crippen LogP contribution in [0.4, 0.5) is 5.69 Å². The van der Waals surface area contributed by atoms with Crippen LogP contribution in [0.5, 0.6) is 0 Å². The first-order valence-corrected chi connectivity index (χ1v) is 10.8. The molecule has 0 aliphatic heterocycles. The predicted molar refractivity (Wildman–Crippen MR) is 121 cm³/mol. The highest BCUT2D eigenvalue weighted by atomic mass is 32.2. The van der Waals surface area contributed by atoms with Gasteiger partial charge in [-0.15, -0.1) is 11.8 Å². The predicted octanol–water partition coefficient (Wildman–Crippen LogP) is 5.65. The number of benzene rings is 3. The molecule has 0 radical (unpaired) electrons. The van der Waals surface area contributed by atoms with Crippen molar-refractivity contribution < 1.29 is 14.3 Å². The maximum atomic E-state index is 13.0. The number of ether oxygens (including phenoxy) is 1. The van der Waals surface area contributed by atoms with Crippen molar-refractivity contribution in [1.29, 1.82) is 0 Å². The van der Waals surface area contributed by atoms with E-state index in [0.29, 0.717) is 5.69 Å². The van der Waals surface area contributed by atoms with Gasteiger partial charge >= 0.3 is 5.97 Å². The van der Waals surface area contributed by atoms with Crippen LogP contribution in [0.25, 0.3) is 0 Å². The van der Waals surface area contributed by atoms with Gasteiger partial charge in [-0.1, -0.05) is 67.6 Å². The first-order chi connectivity index (χ1) is 14.6. The van der Waals surface area contributed by atoms with E-state index < -0.39 is 17.3 Å². The zero-order chi connectivity index (χ0) is 21.3. The van der Waals surface area contributed by atoms with Crippen LogP contribution in [0.1, 0.15) is 30.2 Å². The maximum Gasteiger partial charge on any atom is 0.324 e. The molecule has 5 heteroatoms. The zero-order valence-corrected chi connectivity index (χ0v) is 17.9. The molecular weight excluding hydrogens is 394 g/mol. The molecule has 0 saturated carbocycles. The topological polar surface area (TPSA) is 55.4 Å². The van der Waals surface area contributed by atoms with E-state index in [1.54, 1.807) is 6.92 Å². The Morgan fingerprint density at radius 3 is 2.10 bits per heavy atom. The summed E-state index contributed by atoms with van der Waals surface area (Å²) in [7, 11) is 0. The van der Waals surface area contributed by atoms with E-state index in [4.69, 9.17) is 4.74 Å². The number of thioether (sulfide) groups is 1. The molecule has 4 nitrogen and oxygen atoms in total. The number of nitrogens with one attached hydrogen (secondary N) is 1. The third-order valence-corrected chi connectivity index (χ3v) is 5.85. The fourth-order valence-corrected chi connectivity index (χ4v) is 3.90. The lowest BCUT2D eigenvalue weighted by molar-refractivity contribution is -0.152. The Morgan fingerprint density at radius 1 is 0.900 bits per heavy atom. The van der Waals surface area contributed by atoms with E-state index in [1.807, 2.05) is 84.9 Å². The van der Waals surface area contributed by atoms with Gasteiger partial charge in [0.1, 0.15) is 5.25 Å². The molecule has 1 amide bonds. The van der Waals surface area contributed by atoms with Crippen molar-refractivity contribution >= 4 is 29.3 Å². The molecule has 154 valence electrons. The van der Waals surface area contributed by atoms with E-state index in [2.05, 4.69) is 12.2 Å². The summed E-state index contributed by atoms with van der Waals surface area (Å²) in [6.07, 6.45) is 0.0216. The van der Waals surface area contributed by atoms with Crippen molar-refractivity contribution in [2.45, 2.75) is 36.5 Å². The van der Waals surface area contributed by atoms with E-state index in [9.17, 15) is 9.59 Å². The molecule has 3 aromatic rings. The molecule has 30 heavy (non-hydrogen) atoms. The second-order valence-corrected chi connectivity index (χ2v) is 8.02. The quantitative estimate of drug-likeness (QED) is 0.378. The first kappa shape index (κ1) is 21.7. The Hall–Kier alpha value is -3.05. The number of anilines is 1. The third kappa shape index (κ3) is 5.97. The van der Waals surface area contributed by atoms with Crippen LogP contribution in [0.2, 0.25) is 0 Å². The zero-order valence-electron chi connectivity index (χ0n) is 17.1.